The van der Waals surface area contributed by atoms with Crippen LogP contribution in [0.2, 0.25) is 0 Å². The number of carbonyl (C=O) groups excluding carboxylic acids is 1. The lowest BCUT2D eigenvalue weighted by atomic mass is 10.1. The molecule has 8 nitrogen and oxygen atoms in total. The molecule has 1 amide bonds. The van der Waals surface area contributed by atoms with Gasteiger partial charge in [-0.25, -0.2) is 5.06 Å². The lowest BCUT2D eigenvalue weighted by Crippen LogP contribution is -2.37. The Kier molecular flexibility index (Phi) is 8.53. The van der Waals surface area contributed by atoms with Crippen LogP contribution in [0.4, 0.5) is 5.69 Å². The van der Waals surface area contributed by atoms with Gasteiger partial charge in [-0.2, -0.15) is 0 Å². The first-order chi connectivity index (χ1) is 17.9. The number of aromatic nitrogens is 1. The van der Waals surface area contributed by atoms with Crippen molar-refractivity contribution in [3.63, 3.8) is 0 Å². The fraction of sp³-hybridized carbons (Fsp3) is 0.345. The zero-order valence-electron chi connectivity index (χ0n) is 21.8. The first kappa shape index (κ1) is 26.3. The van der Waals surface area contributed by atoms with Crippen LogP contribution in [0, 0.1) is 5.92 Å². The number of para-hydroxylation sites is 1. The highest BCUT2D eigenvalue weighted by Gasteiger charge is 2.17. The molecule has 0 unspecified atom stereocenters. The second-order valence-corrected chi connectivity index (χ2v) is 9.47. The molecule has 1 aromatic heterocycles. The van der Waals surface area contributed by atoms with E-state index < -0.39 is 6.10 Å². The van der Waals surface area contributed by atoms with E-state index in [-0.39, 0.29) is 19.1 Å². The molecule has 0 spiro atoms. The summed E-state index contributed by atoms with van der Waals surface area (Å²) in [5.41, 5.74) is 3.02. The number of nitrogens with zero attached hydrogens (tertiary/aromatic N) is 2. The van der Waals surface area contributed by atoms with Crippen LogP contribution in [0.5, 0.6) is 11.5 Å². The van der Waals surface area contributed by atoms with Gasteiger partial charge in [-0.1, -0.05) is 38.1 Å². The van der Waals surface area contributed by atoms with Gasteiger partial charge in [0.25, 0.3) is 5.91 Å². The number of fused-ring (bicyclic) bond motifs is 3. The van der Waals surface area contributed by atoms with Crippen molar-refractivity contribution in [3.8, 4) is 11.5 Å². The number of amides is 1. The Labute approximate surface area is 217 Å². The van der Waals surface area contributed by atoms with Crippen LogP contribution in [0.1, 0.15) is 13.8 Å². The second kappa shape index (κ2) is 12.0. The third-order valence-electron chi connectivity index (χ3n) is 6.13. The van der Waals surface area contributed by atoms with Crippen LogP contribution in [0.3, 0.4) is 0 Å². The highest BCUT2D eigenvalue weighted by Crippen LogP contribution is 2.33. The van der Waals surface area contributed by atoms with E-state index in [1.165, 1.54) is 14.2 Å². The van der Waals surface area contributed by atoms with Gasteiger partial charge in [0.15, 0.2) is 6.61 Å². The van der Waals surface area contributed by atoms with Gasteiger partial charge in [0, 0.05) is 42.1 Å². The monoisotopic (exact) mass is 505 g/mol. The minimum Gasteiger partial charge on any atom is -0.490 e. The molecule has 8 heteroatoms. The first-order valence-electron chi connectivity index (χ1n) is 12.4. The molecule has 1 atom stereocenters. The molecule has 1 heterocycles. The van der Waals surface area contributed by atoms with Gasteiger partial charge in [-0.05, 0) is 48.4 Å². The Balaban J connectivity index is 1.40. The Morgan fingerprint density at radius 1 is 0.946 bits per heavy atom. The average molecular weight is 506 g/mol. The summed E-state index contributed by atoms with van der Waals surface area (Å²) >= 11 is 0. The molecule has 0 saturated carbocycles. The lowest BCUT2D eigenvalue weighted by molar-refractivity contribution is -0.170. The summed E-state index contributed by atoms with van der Waals surface area (Å²) in [7, 11) is 2.96. The molecular formula is C29H35N3O5. The Morgan fingerprint density at radius 3 is 2.41 bits per heavy atom. The van der Waals surface area contributed by atoms with E-state index in [1.807, 2.05) is 60.7 Å². The van der Waals surface area contributed by atoms with Crippen molar-refractivity contribution in [2.75, 3.05) is 45.4 Å². The Bertz CT molecular complexity index is 1320. The van der Waals surface area contributed by atoms with Crippen molar-refractivity contribution in [1.82, 2.24) is 10.0 Å². The van der Waals surface area contributed by atoms with Crippen LogP contribution in [-0.2, 0) is 9.63 Å². The number of aliphatic hydroxyl groups excluding tert-OH is 1. The van der Waals surface area contributed by atoms with Gasteiger partial charge in [0.2, 0.25) is 0 Å². The summed E-state index contributed by atoms with van der Waals surface area (Å²) in [5, 5.41) is 14.2. The topological polar surface area (TPSA) is 87.3 Å². The molecule has 0 fully saturated rings. The first-order valence-corrected chi connectivity index (χ1v) is 12.4. The van der Waals surface area contributed by atoms with Crippen LogP contribution in [-0.4, -0.2) is 67.6 Å². The van der Waals surface area contributed by atoms with Crippen molar-refractivity contribution < 1.29 is 24.2 Å². The smallest absolute Gasteiger partial charge is 0.283 e. The summed E-state index contributed by atoms with van der Waals surface area (Å²) in [6, 6.07) is 21.6. The SMILES string of the molecule is CON(C)C(=O)COc1ccc(N(CC(C)C)C[C@H](O)COc2cccc3[nH]c4ccccc4c23)cc1. The number of aromatic amines is 1. The van der Waals surface area contributed by atoms with Crippen LogP contribution >= 0.6 is 0 Å². The van der Waals surface area contributed by atoms with Crippen molar-refractivity contribution in [2.24, 2.45) is 5.92 Å². The number of likely N-dealkylation sites (N-methyl/N-ethyl adjacent to an activating group) is 1. The Morgan fingerprint density at radius 2 is 1.68 bits per heavy atom. The zero-order chi connectivity index (χ0) is 26.4. The van der Waals surface area contributed by atoms with Crippen molar-refractivity contribution >= 4 is 33.4 Å². The number of hydroxylamine groups is 2. The van der Waals surface area contributed by atoms with Gasteiger partial charge in [-0.3, -0.25) is 9.63 Å². The summed E-state index contributed by atoms with van der Waals surface area (Å²) in [4.78, 5) is 22.3. The molecule has 0 aliphatic heterocycles. The molecule has 0 bridgehead atoms. The molecule has 0 aliphatic carbocycles. The van der Waals surface area contributed by atoms with E-state index in [0.29, 0.717) is 18.2 Å². The number of rotatable bonds is 12. The summed E-state index contributed by atoms with van der Waals surface area (Å²) in [6.45, 7) is 5.53. The number of hydrogen-bond donors (Lipinski definition) is 2. The number of nitrogens with one attached hydrogen (secondary N) is 1. The van der Waals surface area contributed by atoms with Gasteiger partial charge in [0.1, 0.15) is 24.2 Å². The van der Waals surface area contributed by atoms with Gasteiger partial charge in [-0.15, -0.1) is 0 Å². The molecule has 196 valence electrons. The number of anilines is 1. The number of hydrogen-bond acceptors (Lipinski definition) is 6. The minimum absolute atomic E-state index is 0.112. The zero-order valence-corrected chi connectivity index (χ0v) is 21.8. The molecule has 4 aromatic rings. The molecular weight excluding hydrogens is 470 g/mol. The number of carbonyl (C=O) groups is 1. The standard InChI is InChI=1S/C29H35N3O5/c1-20(2)16-32(21-12-14-23(15-13-21)36-19-28(34)31(3)35-4)17-22(33)18-37-27-11-7-10-26-29(27)24-8-5-6-9-25(24)30-26/h5-15,20,22,30,33H,16-19H2,1-4H3/t22-/m0/s1. The summed E-state index contributed by atoms with van der Waals surface area (Å²) in [6.07, 6.45) is -0.697. The van der Waals surface area contributed by atoms with Gasteiger partial charge >= 0.3 is 0 Å². The molecule has 4 rings (SSSR count). The van der Waals surface area contributed by atoms with Crippen LogP contribution in [0.15, 0.2) is 66.7 Å². The predicted octanol–water partition coefficient (Wildman–Crippen LogP) is 4.62. The van der Waals surface area contributed by atoms with E-state index in [1.54, 1.807) is 0 Å². The number of benzene rings is 3. The largest absolute Gasteiger partial charge is 0.490 e. The van der Waals surface area contributed by atoms with Crippen LogP contribution < -0.4 is 14.4 Å². The number of ether oxygens (including phenoxy) is 2. The van der Waals surface area contributed by atoms with E-state index in [9.17, 15) is 9.90 Å². The lowest BCUT2D eigenvalue weighted by Gasteiger charge is -2.29. The predicted molar refractivity (Wildman–Crippen MR) is 146 cm³/mol. The van der Waals surface area contributed by atoms with Gasteiger partial charge in [0.05, 0.1) is 12.6 Å². The fourth-order valence-electron chi connectivity index (χ4n) is 4.30. The molecule has 37 heavy (non-hydrogen) atoms. The van der Waals surface area contributed by atoms with E-state index in [4.69, 9.17) is 14.3 Å². The quantitative estimate of drug-likeness (QED) is 0.273. The maximum atomic E-state index is 11.9. The van der Waals surface area contributed by atoms with E-state index in [0.717, 1.165) is 44.9 Å². The average Bonchev–Trinajstić information content (AvgIpc) is 3.29. The van der Waals surface area contributed by atoms with Crippen molar-refractivity contribution in [3.05, 3.63) is 66.7 Å². The highest BCUT2D eigenvalue weighted by molar-refractivity contribution is 6.10. The molecule has 2 N–H and O–H groups in total. The normalized spacial score (nSPS) is 12.2. The van der Waals surface area contributed by atoms with E-state index >= 15 is 0 Å². The second-order valence-electron chi connectivity index (χ2n) is 9.47. The minimum atomic E-state index is -0.697. The Hall–Kier alpha value is -3.75. The number of aliphatic hydroxyl groups is 1. The fourth-order valence-corrected chi connectivity index (χ4v) is 4.30. The van der Waals surface area contributed by atoms with Gasteiger partial charge < -0.3 is 24.5 Å². The molecule has 0 saturated heterocycles. The third kappa shape index (κ3) is 6.53. The van der Waals surface area contributed by atoms with Crippen LogP contribution in [0.25, 0.3) is 21.8 Å². The maximum Gasteiger partial charge on any atom is 0.283 e. The third-order valence-corrected chi connectivity index (χ3v) is 6.13. The summed E-state index contributed by atoms with van der Waals surface area (Å²) < 4.78 is 11.7. The molecule has 0 radical (unpaired) electrons. The highest BCUT2D eigenvalue weighted by atomic mass is 16.7. The maximum absolute atomic E-state index is 11.9. The molecule has 0 aliphatic rings. The van der Waals surface area contributed by atoms with E-state index in [2.05, 4.69) is 29.8 Å². The summed E-state index contributed by atoms with van der Waals surface area (Å²) in [5.74, 6) is 1.45. The van der Waals surface area contributed by atoms with Crippen molar-refractivity contribution in [1.29, 1.82) is 0 Å². The van der Waals surface area contributed by atoms with Crippen molar-refractivity contribution in [2.45, 2.75) is 20.0 Å². The molecule has 3 aromatic carbocycles. The number of H-pyrrole nitrogens is 1.